The number of nitro groups is 1. The van der Waals surface area contributed by atoms with E-state index in [0.717, 1.165) is 0 Å². The molecule has 2 N–H and O–H groups in total. The lowest BCUT2D eigenvalue weighted by molar-refractivity contribution is -0.384. The molecule has 16 heavy (non-hydrogen) atoms. The van der Waals surface area contributed by atoms with Gasteiger partial charge >= 0.3 is 6.03 Å². The second-order valence-electron chi connectivity index (χ2n) is 2.91. The Balaban J connectivity index is 2.83. The van der Waals surface area contributed by atoms with Crippen molar-refractivity contribution in [2.24, 2.45) is 0 Å². The molecule has 0 aliphatic carbocycles. The van der Waals surface area contributed by atoms with E-state index in [4.69, 9.17) is 11.6 Å². The summed E-state index contributed by atoms with van der Waals surface area (Å²) in [6, 6.07) is 3.44. The lowest BCUT2D eigenvalue weighted by Crippen LogP contribution is -2.28. The summed E-state index contributed by atoms with van der Waals surface area (Å²) in [4.78, 5) is 21.1. The van der Waals surface area contributed by atoms with Crippen molar-refractivity contribution in [2.45, 2.75) is 6.92 Å². The fourth-order valence-electron chi connectivity index (χ4n) is 1.05. The Kier molecular flexibility index (Phi) is 4.07. The summed E-state index contributed by atoms with van der Waals surface area (Å²) in [7, 11) is 0. The van der Waals surface area contributed by atoms with Gasteiger partial charge in [-0.2, -0.15) is 0 Å². The molecule has 0 radical (unpaired) electrons. The number of halogens is 1. The van der Waals surface area contributed by atoms with Gasteiger partial charge in [-0.1, -0.05) is 11.6 Å². The van der Waals surface area contributed by atoms with E-state index in [2.05, 4.69) is 10.6 Å². The molecule has 0 aliphatic heterocycles. The Hall–Kier alpha value is -1.82. The van der Waals surface area contributed by atoms with Gasteiger partial charge in [0, 0.05) is 18.7 Å². The first-order valence-electron chi connectivity index (χ1n) is 4.53. The number of hydrogen-bond donors (Lipinski definition) is 2. The number of anilines is 1. The van der Waals surface area contributed by atoms with Gasteiger partial charge in [-0.05, 0) is 13.0 Å². The van der Waals surface area contributed by atoms with Gasteiger partial charge in [-0.25, -0.2) is 4.79 Å². The molecule has 0 heterocycles. The number of nitro benzene ring substituents is 1. The molecule has 0 aliphatic rings. The second kappa shape index (κ2) is 5.32. The topological polar surface area (TPSA) is 84.3 Å². The third kappa shape index (κ3) is 3.09. The van der Waals surface area contributed by atoms with Crippen molar-refractivity contribution in [1.29, 1.82) is 0 Å². The van der Waals surface area contributed by atoms with E-state index in [0.29, 0.717) is 12.2 Å². The molecule has 7 heteroatoms. The molecular formula is C9H10ClN3O3. The Morgan fingerprint density at radius 2 is 2.25 bits per heavy atom. The minimum absolute atomic E-state index is 0.119. The van der Waals surface area contributed by atoms with Gasteiger partial charge in [-0.15, -0.1) is 0 Å². The van der Waals surface area contributed by atoms with Crippen molar-refractivity contribution in [3.8, 4) is 0 Å². The zero-order valence-electron chi connectivity index (χ0n) is 8.49. The monoisotopic (exact) mass is 243 g/mol. The predicted octanol–water partition coefficient (Wildman–Crippen LogP) is 2.39. The van der Waals surface area contributed by atoms with Gasteiger partial charge in [0.25, 0.3) is 5.69 Å². The number of carbonyl (C=O) groups excluding carboxylic acids is 1. The van der Waals surface area contributed by atoms with Crippen LogP contribution in [-0.4, -0.2) is 17.5 Å². The van der Waals surface area contributed by atoms with Gasteiger partial charge in [0.1, 0.15) is 0 Å². The maximum atomic E-state index is 11.2. The fraction of sp³-hybridized carbons (Fsp3) is 0.222. The number of nitrogens with zero attached hydrogens (tertiary/aromatic N) is 1. The van der Waals surface area contributed by atoms with E-state index in [1.54, 1.807) is 6.92 Å². The fourth-order valence-corrected chi connectivity index (χ4v) is 1.27. The molecule has 0 fully saturated rings. The van der Waals surface area contributed by atoms with Crippen molar-refractivity contribution < 1.29 is 9.72 Å². The van der Waals surface area contributed by atoms with Crippen molar-refractivity contribution >= 4 is 29.0 Å². The molecule has 86 valence electrons. The minimum Gasteiger partial charge on any atom is -0.338 e. The minimum atomic E-state index is -0.554. The maximum absolute atomic E-state index is 11.2. The van der Waals surface area contributed by atoms with Crippen LogP contribution in [-0.2, 0) is 0 Å². The molecule has 6 nitrogen and oxygen atoms in total. The SMILES string of the molecule is CCNC(=O)Nc1ccc([N+](=O)[O-])cc1Cl. The number of rotatable bonds is 3. The molecule has 2 amide bonds. The Bertz CT molecular complexity index is 422. The summed E-state index contributed by atoms with van der Waals surface area (Å²) in [6.07, 6.45) is 0. The molecular weight excluding hydrogens is 234 g/mol. The number of non-ortho nitro benzene ring substituents is 1. The number of benzene rings is 1. The van der Waals surface area contributed by atoms with Crippen LogP contribution in [0.2, 0.25) is 5.02 Å². The van der Waals surface area contributed by atoms with Crippen molar-refractivity contribution in [3.05, 3.63) is 33.3 Å². The summed E-state index contributed by atoms with van der Waals surface area (Å²) in [5, 5.41) is 15.6. The van der Waals surface area contributed by atoms with Crippen molar-refractivity contribution in [3.63, 3.8) is 0 Å². The van der Waals surface area contributed by atoms with Gasteiger partial charge < -0.3 is 10.6 Å². The maximum Gasteiger partial charge on any atom is 0.319 e. The van der Waals surface area contributed by atoms with E-state index in [-0.39, 0.29) is 10.7 Å². The average molecular weight is 244 g/mol. The smallest absolute Gasteiger partial charge is 0.319 e. The van der Waals surface area contributed by atoms with Crippen LogP contribution in [0.15, 0.2) is 18.2 Å². The van der Waals surface area contributed by atoms with Crippen LogP contribution in [0, 0.1) is 10.1 Å². The second-order valence-corrected chi connectivity index (χ2v) is 3.31. The first-order valence-corrected chi connectivity index (χ1v) is 4.91. The highest BCUT2D eigenvalue weighted by atomic mass is 35.5. The van der Waals surface area contributed by atoms with E-state index < -0.39 is 11.0 Å². The summed E-state index contributed by atoms with van der Waals surface area (Å²) < 4.78 is 0. The number of carbonyl (C=O) groups is 1. The first kappa shape index (κ1) is 12.3. The molecule has 0 saturated carbocycles. The lowest BCUT2D eigenvalue weighted by atomic mass is 10.3. The van der Waals surface area contributed by atoms with Gasteiger partial charge in [0.2, 0.25) is 0 Å². The van der Waals surface area contributed by atoms with Crippen LogP contribution < -0.4 is 10.6 Å². The third-order valence-corrected chi connectivity index (χ3v) is 2.06. The van der Waals surface area contributed by atoms with Crippen LogP contribution in [0.4, 0.5) is 16.2 Å². The van der Waals surface area contributed by atoms with Crippen molar-refractivity contribution in [1.82, 2.24) is 5.32 Å². The highest BCUT2D eigenvalue weighted by Gasteiger charge is 2.10. The van der Waals surface area contributed by atoms with Gasteiger partial charge in [-0.3, -0.25) is 10.1 Å². The number of urea groups is 1. The first-order chi connectivity index (χ1) is 7.54. The molecule has 1 aromatic carbocycles. The largest absolute Gasteiger partial charge is 0.338 e. The third-order valence-electron chi connectivity index (χ3n) is 1.75. The van der Waals surface area contributed by atoms with Crippen LogP contribution in [0.1, 0.15) is 6.92 Å². The van der Waals surface area contributed by atoms with Crippen LogP contribution >= 0.6 is 11.6 Å². The number of amides is 2. The zero-order chi connectivity index (χ0) is 12.1. The van der Waals surface area contributed by atoms with Crippen molar-refractivity contribution in [2.75, 3.05) is 11.9 Å². The Morgan fingerprint density at radius 3 is 2.75 bits per heavy atom. The summed E-state index contributed by atoms with van der Waals surface area (Å²) in [5.74, 6) is 0. The standard InChI is InChI=1S/C9H10ClN3O3/c1-2-11-9(14)12-8-4-3-6(13(15)16)5-7(8)10/h3-5H,2H2,1H3,(H2,11,12,14). The van der Waals surface area contributed by atoms with E-state index in [1.807, 2.05) is 0 Å². The molecule has 0 spiro atoms. The van der Waals surface area contributed by atoms with Crippen LogP contribution in [0.3, 0.4) is 0 Å². The van der Waals surface area contributed by atoms with E-state index in [9.17, 15) is 14.9 Å². The van der Waals surface area contributed by atoms with Crippen LogP contribution in [0.25, 0.3) is 0 Å². The highest BCUT2D eigenvalue weighted by Crippen LogP contribution is 2.26. The van der Waals surface area contributed by atoms with Gasteiger partial charge in [0.15, 0.2) is 0 Å². The predicted molar refractivity (Wildman–Crippen MR) is 60.8 cm³/mol. The summed E-state index contributed by atoms with van der Waals surface area (Å²) >= 11 is 5.77. The summed E-state index contributed by atoms with van der Waals surface area (Å²) in [6.45, 7) is 2.26. The zero-order valence-corrected chi connectivity index (χ0v) is 9.25. The molecule has 1 aromatic rings. The highest BCUT2D eigenvalue weighted by molar-refractivity contribution is 6.33. The number of hydrogen-bond acceptors (Lipinski definition) is 3. The number of nitrogens with one attached hydrogen (secondary N) is 2. The molecule has 0 aromatic heterocycles. The molecule has 0 bridgehead atoms. The van der Waals surface area contributed by atoms with E-state index in [1.165, 1.54) is 18.2 Å². The Morgan fingerprint density at radius 1 is 1.56 bits per heavy atom. The average Bonchev–Trinajstić information content (AvgIpc) is 2.21. The molecule has 0 unspecified atom stereocenters. The lowest BCUT2D eigenvalue weighted by Gasteiger charge is -2.07. The van der Waals surface area contributed by atoms with Crippen LogP contribution in [0.5, 0.6) is 0 Å². The molecule has 0 saturated heterocycles. The van der Waals surface area contributed by atoms with E-state index >= 15 is 0 Å². The quantitative estimate of drug-likeness (QED) is 0.631. The molecule has 1 rings (SSSR count). The molecule has 0 atom stereocenters. The Labute approximate surface area is 96.7 Å². The van der Waals surface area contributed by atoms with Gasteiger partial charge in [0.05, 0.1) is 15.6 Å². The summed E-state index contributed by atoms with van der Waals surface area (Å²) in [5.41, 5.74) is 0.213. The normalized spacial score (nSPS) is 9.62.